The lowest BCUT2D eigenvalue weighted by molar-refractivity contribution is -0.0718. The number of alkyl halides is 1. The fraction of sp³-hybridized carbons (Fsp3) is 0.429. The molecule has 1 heterocycles. The Balaban J connectivity index is 2.27. The molecule has 0 saturated heterocycles. The first-order chi connectivity index (χ1) is 9.94. The fourth-order valence-corrected chi connectivity index (χ4v) is 2.01. The van der Waals surface area contributed by atoms with Gasteiger partial charge in [-0.3, -0.25) is 0 Å². The molecule has 2 unspecified atom stereocenters. The molecule has 2 atom stereocenters. The number of aliphatic hydroxyl groups is 1. The van der Waals surface area contributed by atoms with Crippen molar-refractivity contribution in [1.29, 1.82) is 0 Å². The van der Waals surface area contributed by atoms with Crippen LogP contribution in [0.4, 0.5) is 0 Å². The number of aromatic nitrogens is 3. The number of nitrogens with zero attached hydrogens (tertiary/aromatic N) is 3. The molecule has 1 N–H and O–H groups in total. The Morgan fingerprint density at radius 2 is 2.00 bits per heavy atom. The quantitative estimate of drug-likeness (QED) is 0.827. The molecule has 2 aromatic rings. The van der Waals surface area contributed by atoms with Crippen molar-refractivity contribution in [3.63, 3.8) is 0 Å². The third-order valence-corrected chi connectivity index (χ3v) is 4.12. The molecule has 5 nitrogen and oxygen atoms in total. The van der Waals surface area contributed by atoms with Crippen molar-refractivity contribution in [2.75, 3.05) is 5.88 Å². The summed E-state index contributed by atoms with van der Waals surface area (Å²) in [5.74, 6) is 0.855. The second-order valence-corrected chi connectivity index (χ2v) is 6.11. The molecule has 0 aliphatic heterocycles. The Labute approximate surface area is 133 Å². The van der Waals surface area contributed by atoms with Gasteiger partial charge in [-0.05, 0) is 24.3 Å². The second kappa shape index (κ2) is 6.64. The summed E-state index contributed by atoms with van der Waals surface area (Å²) in [4.78, 5) is 3.90. The number of hydrogen-bond acceptors (Lipinski definition) is 4. The van der Waals surface area contributed by atoms with E-state index in [1.54, 1.807) is 24.3 Å². The van der Waals surface area contributed by atoms with Crippen LogP contribution >= 0.6 is 23.2 Å². The molecule has 0 saturated carbocycles. The zero-order valence-corrected chi connectivity index (χ0v) is 13.3. The van der Waals surface area contributed by atoms with Gasteiger partial charge in [-0.25, -0.2) is 9.67 Å². The van der Waals surface area contributed by atoms with Gasteiger partial charge in [0.25, 0.3) is 0 Å². The van der Waals surface area contributed by atoms with Crippen LogP contribution in [-0.4, -0.2) is 31.9 Å². The molecule has 0 amide bonds. The molecule has 1 aromatic heterocycles. The van der Waals surface area contributed by atoms with Gasteiger partial charge in [0, 0.05) is 16.3 Å². The molecule has 0 radical (unpaired) electrons. The normalized spacial score (nSPS) is 14.7. The molecule has 7 heteroatoms. The zero-order valence-electron chi connectivity index (χ0n) is 11.8. The molecule has 0 spiro atoms. The molecule has 1 aromatic carbocycles. The number of aliphatic hydroxyl groups excluding tert-OH is 1. The SMILES string of the molecule is CC(C)(CCl)C(O)C(Oc1ccc(Cl)cc1)n1cncn1. The van der Waals surface area contributed by atoms with E-state index in [0.29, 0.717) is 10.8 Å². The van der Waals surface area contributed by atoms with Gasteiger partial charge < -0.3 is 9.84 Å². The largest absolute Gasteiger partial charge is 0.466 e. The molecular formula is C14H17Cl2N3O2. The van der Waals surface area contributed by atoms with Crippen LogP contribution in [0, 0.1) is 5.41 Å². The minimum Gasteiger partial charge on any atom is -0.466 e. The Bertz CT molecular complexity index is 558. The lowest BCUT2D eigenvalue weighted by Crippen LogP contribution is -2.41. The highest BCUT2D eigenvalue weighted by atomic mass is 35.5. The van der Waals surface area contributed by atoms with Crippen molar-refractivity contribution in [2.24, 2.45) is 5.41 Å². The van der Waals surface area contributed by atoms with E-state index >= 15 is 0 Å². The minimum absolute atomic E-state index is 0.281. The first-order valence-electron chi connectivity index (χ1n) is 6.44. The average Bonchev–Trinajstić information content (AvgIpc) is 3.00. The Morgan fingerprint density at radius 1 is 1.33 bits per heavy atom. The summed E-state index contributed by atoms with van der Waals surface area (Å²) in [5, 5.41) is 15.3. The lowest BCUT2D eigenvalue weighted by Gasteiger charge is -2.34. The summed E-state index contributed by atoms with van der Waals surface area (Å²) < 4.78 is 7.32. The van der Waals surface area contributed by atoms with Crippen LogP contribution in [0.1, 0.15) is 20.1 Å². The maximum Gasteiger partial charge on any atom is 0.219 e. The summed E-state index contributed by atoms with van der Waals surface area (Å²) in [6.07, 6.45) is 1.28. The van der Waals surface area contributed by atoms with Crippen molar-refractivity contribution in [3.05, 3.63) is 41.9 Å². The first kappa shape index (κ1) is 16.1. The van der Waals surface area contributed by atoms with E-state index < -0.39 is 17.7 Å². The van der Waals surface area contributed by atoms with E-state index in [1.807, 2.05) is 13.8 Å². The van der Waals surface area contributed by atoms with E-state index in [9.17, 15) is 5.11 Å². The summed E-state index contributed by atoms with van der Waals surface area (Å²) in [7, 11) is 0. The number of ether oxygens (including phenoxy) is 1. The van der Waals surface area contributed by atoms with Crippen molar-refractivity contribution < 1.29 is 9.84 Å². The Hall–Kier alpha value is -1.30. The van der Waals surface area contributed by atoms with Crippen LogP contribution in [0.2, 0.25) is 5.02 Å². The third kappa shape index (κ3) is 3.87. The fourth-order valence-electron chi connectivity index (χ4n) is 1.73. The monoisotopic (exact) mass is 329 g/mol. The van der Waals surface area contributed by atoms with E-state index in [4.69, 9.17) is 27.9 Å². The number of halogens is 2. The van der Waals surface area contributed by atoms with Crippen LogP contribution in [0.15, 0.2) is 36.9 Å². The molecule has 2 rings (SSSR count). The van der Waals surface area contributed by atoms with Gasteiger partial charge in [0.15, 0.2) is 0 Å². The van der Waals surface area contributed by atoms with Crippen molar-refractivity contribution in [3.8, 4) is 5.75 Å². The summed E-state index contributed by atoms with van der Waals surface area (Å²) in [6, 6.07) is 6.89. The Morgan fingerprint density at radius 3 is 2.52 bits per heavy atom. The highest BCUT2D eigenvalue weighted by Gasteiger charge is 2.36. The second-order valence-electron chi connectivity index (χ2n) is 5.40. The van der Waals surface area contributed by atoms with Gasteiger partial charge in [0.1, 0.15) is 24.5 Å². The minimum atomic E-state index is -0.868. The molecule has 114 valence electrons. The maximum absolute atomic E-state index is 10.6. The van der Waals surface area contributed by atoms with Gasteiger partial charge in [0.2, 0.25) is 6.23 Å². The highest BCUT2D eigenvalue weighted by Crippen LogP contribution is 2.32. The van der Waals surface area contributed by atoms with Crippen molar-refractivity contribution >= 4 is 23.2 Å². The molecule has 0 bridgehead atoms. The molecular weight excluding hydrogens is 313 g/mol. The number of rotatable bonds is 6. The van der Waals surface area contributed by atoms with Crippen LogP contribution in [-0.2, 0) is 0 Å². The van der Waals surface area contributed by atoms with Crippen LogP contribution in [0.5, 0.6) is 5.75 Å². The smallest absolute Gasteiger partial charge is 0.219 e. The van der Waals surface area contributed by atoms with Crippen molar-refractivity contribution in [2.45, 2.75) is 26.2 Å². The van der Waals surface area contributed by atoms with Gasteiger partial charge in [0.05, 0.1) is 0 Å². The van der Waals surface area contributed by atoms with Crippen molar-refractivity contribution in [1.82, 2.24) is 14.8 Å². The highest BCUT2D eigenvalue weighted by molar-refractivity contribution is 6.30. The summed E-state index contributed by atoms with van der Waals surface area (Å²) in [5.41, 5.74) is -0.551. The maximum atomic E-state index is 10.6. The van der Waals surface area contributed by atoms with Gasteiger partial charge >= 0.3 is 0 Å². The lowest BCUT2D eigenvalue weighted by atomic mass is 9.87. The molecule has 0 aliphatic rings. The number of hydrogen-bond donors (Lipinski definition) is 1. The van der Waals surface area contributed by atoms with Crippen LogP contribution < -0.4 is 4.74 Å². The zero-order chi connectivity index (χ0) is 15.5. The first-order valence-corrected chi connectivity index (χ1v) is 7.35. The van der Waals surface area contributed by atoms with Gasteiger partial charge in [-0.2, -0.15) is 5.10 Å². The topological polar surface area (TPSA) is 60.2 Å². The third-order valence-electron chi connectivity index (χ3n) is 3.18. The summed E-state index contributed by atoms with van der Waals surface area (Å²) in [6.45, 7) is 3.72. The number of benzene rings is 1. The predicted octanol–water partition coefficient (Wildman–Crippen LogP) is 3.14. The predicted molar refractivity (Wildman–Crippen MR) is 81.6 cm³/mol. The standard InChI is InChI=1S/C14H17Cl2N3O2/c1-14(2,7-15)12(20)13(19-9-17-8-18-19)21-11-5-3-10(16)4-6-11/h3-6,8-9,12-13,20H,7H2,1-2H3. The van der Waals surface area contributed by atoms with Crippen LogP contribution in [0.3, 0.4) is 0 Å². The van der Waals surface area contributed by atoms with E-state index in [2.05, 4.69) is 10.1 Å². The van der Waals surface area contributed by atoms with E-state index in [1.165, 1.54) is 17.3 Å². The summed E-state index contributed by atoms with van der Waals surface area (Å²) >= 11 is 11.8. The van der Waals surface area contributed by atoms with Gasteiger partial charge in [-0.1, -0.05) is 25.4 Å². The molecule has 0 fully saturated rings. The Kier molecular flexibility index (Phi) is 5.08. The van der Waals surface area contributed by atoms with E-state index in [-0.39, 0.29) is 5.88 Å². The van der Waals surface area contributed by atoms with Crippen LogP contribution in [0.25, 0.3) is 0 Å². The van der Waals surface area contributed by atoms with E-state index in [0.717, 1.165) is 0 Å². The molecule has 21 heavy (non-hydrogen) atoms. The van der Waals surface area contributed by atoms with Gasteiger partial charge in [-0.15, -0.1) is 11.6 Å². The average molecular weight is 330 g/mol. The molecule has 0 aliphatic carbocycles.